The Balaban J connectivity index is 2.01. The molecule has 0 saturated carbocycles. The summed E-state index contributed by atoms with van der Waals surface area (Å²) in [7, 11) is 0. The van der Waals surface area contributed by atoms with Crippen molar-refractivity contribution >= 4 is 56.5 Å². The zero-order valence-corrected chi connectivity index (χ0v) is 22.3. The minimum absolute atomic E-state index is 0.138. The predicted octanol–water partition coefficient (Wildman–Crippen LogP) is 4.52. The van der Waals surface area contributed by atoms with Gasteiger partial charge in [-0.25, -0.2) is 9.97 Å². The molecule has 2 aromatic heterocycles. The Morgan fingerprint density at radius 3 is 2.41 bits per heavy atom. The number of thioether (sulfide) groups is 1. The quantitative estimate of drug-likeness (QED) is 0.290. The molecule has 1 aromatic carbocycles. The fourth-order valence-corrected chi connectivity index (χ4v) is 4.58. The third-order valence-corrected chi connectivity index (χ3v) is 6.29. The number of carbonyl (C=O) groups is 2. The molecule has 2 amide bonds. The summed E-state index contributed by atoms with van der Waals surface area (Å²) in [5, 5.41) is 10.3. The average Bonchev–Trinajstić information content (AvgIpc) is 3.07. The molecule has 34 heavy (non-hydrogen) atoms. The zero-order valence-electron chi connectivity index (χ0n) is 20.6. The number of hydrogen-bond acceptors (Lipinski definition) is 8. The van der Waals surface area contributed by atoms with Gasteiger partial charge in [-0.15, -0.1) is 11.3 Å². The number of carbonyl (C=O) groups excluding carboxylic acids is 2. The standard InChI is InChI=1S/C24H32N6O2S2/c1-23(2,3)26-12-15(31)27-14-10-8-9-13(11-14)18-16-17(25)19(20(32)30-24(4,5)6)34-21(16)29-22(28-18)33-7/h8-11,26H,12,25H2,1-7H3,(H,27,31)(H,30,32). The lowest BCUT2D eigenvalue weighted by atomic mass is 10.1. The maximum atomic E-state index is 12.9. The Kier molecular flexibility index (Phi) is 7.54. The predicted molar refractivity (Wildman–Crippen MR) is 143 cm³/mol. The lowest BCUT2D eigenvalue weighted by Gasteiger charge is -2.20. The van der Waals surface area contributed by atoms with Crippen molar-refractivity contribution in [1.29, 1.82) is 0 Å². The summed E-state index contributed by atoms with van der Waals surface area (Å²) in [4.78, 5) is 35.6. The first kappa shape index (κ1) is 25.9. The zero-order chi connectivity index (χ0) is 25.3. The van der Waals surface area contributed by atoms with Crippen LogP contribution in [0.4, 0.5) is 11.4 Å². The largest absolute Gasteiger partial charge is 0.397 e. The fraction of sp³-hybridized carbons (Fsp3) is 0.417. The highest BCUT2D eigenvalue weighted by Gasteiger charge is 2.24. The highest BCUT2D eigenvalue weighted by atomic mass is 32.2. The number of nitrogens with zero attached hydrogens (tertiary/aromatic N) is 2. The normalized spacial score (nSPS) is 12.1. The Hall–Kier alpha value is -2.69. The molecule has 0 spiro atoms. The molecule has 0 radical (unpaired) electrons. The second-order valence-electron chi connectivity index (χ2n) is 10.0. The van der Waals surface area contributed by atoms with Crippen molar-refractivity contribution < 1.29 is 9.59 Å². The number of amides is 2. The van der Waals surface area contributed by atoms with Crippen molar-refractivity contribution in [2.75, 3.05) is 23.9 Å². The number of nitrogens with two attached hydrogens (primary N) is 1. The van der Waals surface area contributed by atoms with Crippen LogP contribution < -0.4 is 21.7 Å². The Labute approximate surface area is 208 Å². The summed E-state index contributed by atoms with van der Waals surface area (Å²) >= 11 is 2.67. The van der Waals surface area contributed by atoms with Crippen LogP contribution >= 0.6 is 23.1 Å². The number of nitrogen functional groups attached to an aromatic ring is 1. The van der Waals surface area contributed by atoms with Gasteiger partial charge in [0.05, 0.1) is 23.3 Å². The number of thiophene rings is 1. The molecule has 0 fully saturated rings. The minimum atomic E-state index is -0.396. The summed E-state index contributed by atoms with van der Waals surface area (Å²) in [6, 6.07) is 7.43. The van der Waals surface area contributed by atoms with E-state index in [2.05, 4.69) is 20.9 Å². The number of hydrogen-bond donors (Lipinski definition) is 4. The number of benzene rings is 1. The van der Waals surface area contributed by atoms with Crippen LogP contribution in [0.25, 0.3) is 21.5 Å². The molecule has 0 saturated heterocycles. The van der Waals surface area contributed by atoms with Crippen molar-refractivity contribution in [2.24, 2.45) is 0 Å². The summed E-state index contributed by atoms with van der Waals surface area (Å²) < 4.78 is 0. The third kappa shape index (κ3) is 6.46. The van der Waals surface area contributed by atoms with E-state index in [1.165, 1.54) is 23.1 Å². The number of nitrogens with one attached hydrogen (secondary N) is 3. The van der Waals surface area contributed by atoms with Crippen LogP contribution in [-0.4, -0.2) is 45.7 Å². The lowest BCUT2D eigenvalue weighted by molar-refractivity contribution is -0.115. The van der Waals surface area contributed by atoms with E-state index < -0.39 is 5.54 Å². The molecule has 0 aliphatic carbocycles. The molecule has 0 aliphatic heterocycles. The van der Waals surface area contributed by atoms with Gasteiger partial charge in [-0.1, -0.05) is 23.9 Å². The molecule has 8 nitrogen and oxygen atoms in total. The van der Waals surface area contributed by atoms with E-state index in [-0.39, 0.29) is 23.9 Å². The van der Waals surface area contributed by atoms with E-state index in [9.17, 15) is 9.59 Å². The van der Waals surface area contributed by atoms with Gasteiger partial charge in [-0.2, -0.15) is 0 Å². The molecular formula is C24H32N6O2S2. The van der Waals surface area contributed by atoms with E-state index in [1.54, 1.807) is 0 Å². The van der Waals surface area contributed by atoms with E-state index in [1.807, 2.05) is 72.1 Å². The SMILES string of the molecule is CSc1nc(-c2cccc(NC(=O)CNC(C)(C)C)c2)c2c(N)c(C(=O)NC(C)(C)C)sc2n1. The highest BCUT2D eigenvalue weighted by molar-refractivity contribution is 7.98. The minimum Gasteiger partial charge on any atom is -0.397 e. The van der Waals surface area contributed by atoms with E-state index >= 15 is 0 Å². The second-order valence-corrected chi connectivity index (χ2v) is 11.8. The molecule has 0 bridgehead atoms. The molecule has 182 valence electrons. The number of fused-ring (bicyclic) bond motifs is 1. The molecular weight excluding hydrogens is 468 g/mol. The molecule has 5 N–H and O–H groups in total. The van der Waals surface area contributed by atoms with Gasteiger partial charge in [0.25, 0.3) is 5.91 Å². The summed E-state index contributed by atoms with van der Waals surface area (Å²) in [5.74, 6) is -0.377. The van der Waals surface area contributed by atoms with Gasteiger partial charge < -0.3 is 21.7 Å². The van der Waals surface area contributed by atoms with Crippen LogP contribution in [0, 0.1) is 0 Å². The van der Waals surface area contributed by atoms with Crippen LogP contribution in [0.1, 0.15) is 51.2 Å². The van der Waals surface area contributed by atoms with Crippen molar-refractivity contribution in [3.8, 4) is 11.3 Å². The first-order valence-electron chi connectivity index (χ1n) is 10.9. The summed E-state index contributed by atoms with van der Waals surface area (Å²) in [5.41, 5.74) is 8.32. The van der Waals surface area contributed by atoms with Crippen molar-refractivity contribution in [2.45, 2.75) is 57.8 Å². The molecule has 3 rings (SSSR count). The Morgan fingerprint density at radius 1 is 1.09 bits per heavy atom. The van der Waals surface area contributed by atoms with Crippen LogP contribution in [-0.2, 0) is 4.79 Å². The second kappa shape index (κ2) is 9.89. The first-order chi connectivity index (χ1) is 15.8. The maximum Gasteiger partial charge on any atom is 0.263 e. The van der Waals surface area contributed by atoms with Gasteiger partial charge in [0.1, 0.15) is 9.71 Å². The van der Waals surface area contributed by atoms with Crippen LogP contribution in [0.3, 0.4) is 0 Å². The van der Waals surface area contributed by atoms with Crippen LogP contribution in [0.2, 0.25) is 0 Å². The Bertz CT molecular complexity index is 1220. The number of anilines is 2. The monoisotopic (exact) mass is 500 g/mol. The number of aromatic nitrogens is 2. The van der Waals surface area contributed by atoms with Gasteiger partial charge in [-0.3, -0.25) is 9.59 Å². The fourth-order valence-electron chi connectivity index (χ4n) is 3.16. The third-order valence-electron chi connectivity index (χ3n) is 4.64. The first-order valence-corrected chi connectivity index (χ1v) is 12.9. The summed E-state index contributed by atoms with van der Waals surface area (Å²) in [6.45, 7) is 12.0. The Morgan fingerprint density at radius 2 is 1.79 bits per heavy atom. The van der Waals surface area contributed by atoms with Crippen molar-refractivity contribution in [3.05, 3.63) is 29.1 Å². The molecule has 0 unspecified atom stereocenters. The molecule has 0 aliphatic rings. The van der Waals surface area contributed by atoms with Gasteiger partial charge in [0, 0.05) is 22.3 Å². The number of rotatable bonds is 6. The average molecular weight is 501 g/mol. The van der Waals surface area contributed by atoms with Gasteiger partial charge in [-0.05, 0) is 59.9 Å². The van der Waals surface area contributed by atoms with Gasteiger partial charge in [0.2, 0.25) is 5.91 Å². The van der Waals surface area contributed by atoms with E-state index in [0.717, 1.165) is 5.56 Å². The smallest absolute Gasteiger partial charge is 0.263 e. The van der Waals surface area contributed by atoms with E-state index in [0.29, 0.717) is 37.3 Å². The van der Waals surface area contributed by atoms with Crippen LogP contribution in [0.15, 0.2) is 29.4 Å². The van der Waals surface area contributed by atoms with Gasteiger partial charge in [0.15, 0.2) is 5.16 Å². The van der Waals surface area contributed by atoms with Crippen molar-refractivity contribution in [1.82, 2.24) is 20.6 Å². The maximum absolute atomic E-state index is 12.9. The molecule has 3 aromatic rings. The van der Waals surface area contributed by atoms with Gasteiger partial charge >= 0.3 is 0 Å². The molecule has 10 heteroatoms. The lowest BCUT2D eigenvalue weighted by Crippen LogP contribution is -2.41. The highest BCUT2D eigenvalue weighted by Crippen LogP contribution is 2.39. The molecule has 0 atom stereocenters. The van der Waals surface area contributed by atoms with Crippen LogP contribution in [0.5, 0.6) is 0 Å². The van der Waals surface area contributed by atoms with E-state index in [4.69, 9.17) is 10.7 Å². The van der Waals surface area contributed by atoms with Crippen molar-refractivity contribution in [3.63, 3.8) is 0 Å². The topological polar surface area (TPSA) is 122 Å². The summed E-state index contributed by atoms with van der Waals surface area (Å²) in [6.07, 6.45) is 1.90. The molecule has 2 heterocycles.